The van der Waals surface area contributed by atoms with E-state index >= 15 is 0 Å². The zero-order chi connectivity index (χ0) is 15.5. The molecule has 0 radical (unpaired) electrons. The van der Waals surface area contributed by atoms with Gasteiger partial charge in [-0.3, -0.25) is 0 Å². The summed E-state index contributed by atoms with van der Waals surface area (Å²) in [5.74, 6) is 3.29. The van der Waals surface area contributed by atoms with Crippen LogP contribution in [0.5, 0.6) is 11.5 Å². The molecule has 0 atom stereocenters. The van der Waals surface area contributed by atoms with Crippen LogP contribution in [0, 0.1) is 0 Å². The molecule has 22 heavy (non-hydrogen) atoms. The van der Waals surface area contributed by atoms with Crippen LogP contribution in [0.25, 0.3) is 11.0 Å². The standard InChI is InChI=1S/C17H25N3O2/c1-3-12(4-2)17-19-13-9-15-16(22-11-21-15)10-14(13)20(17)8-6-5-7-18/h9-10,12H,3-8,11,18H2,1-2H3. The van der Waals surface area contributed by atoms with Crippen molar-refractivity contribution in [1.82, 2.24) is 9.55 Å². The first-order valence-corrected chi connectivity index (χ1v) is 8.28. The van der Waals surface area contributed by atoms with Crippen molar-refractivity contribution in [3.63, 3.8) is 0 Å². The summed E-state index contributed by atoms with van der Waals surface area (Å²) < 4.78 is 13.4. The van der Waals surface area contributed by atoms with E-state index in [0.717, 1.165) is 61.3 Å². The Morgan fingerprint density at radius 2 is 1.91 bits per heavy atom. The second-order valence-corrected chi connectivity index (χ2v) is 5.83. The Morgan fingerprint density at radius 3 is 2.59 bits per heavy atom. The fraction of sp³-hybridized carbons (Fsp3) is 0.588. The molecule has 1 aliphatic rings. The van der Waals surface area contributed by atoms with Crippen LogP contribution in [0.15, 0.2) is 12.1 Å². The van der Waals surface area contributed by atoms with Crippen molar-refractivity contribution in [3.8, 4) is 11.5 Å². The summed E-state index contributed by atoms with van der Waals surface area (Å²) in [6.45, 7) is 6.45. The lowest BCUT2D eigenvalue weighted by Crippen LogP contribution is -2.10. The minimum absolute atomic E-state index is 0.300. The number of aryl methyl sites for hydroxylation is 1. The molecule has 0 amide bonds. The van der Waals surface area contributed by atoms with Crippen molar-refractivity contribution in [2.75, 3.05) is 13.3 Å². The molecule has 2 N–H and O–H groups in total. The summed E-state index contributed by atoms with van der Waals surface area (Å²) in [6, 6.07) is 4.07. The van der Waals surface area contributed by atoms with Crippen molar-refractivity contribution in [2.45, 2.75) is 52.0 Å². The molecule has 0 fully saturated rings. The lowest BCUT2D eigenvalue weighted by molar-refractivity contribution is 0.174. The van der Waals surface area contributed by atoms with Crippen molar-refractivity contribution in [1.29, 1.82) is 0 Å². The molecule has 1 aliphatic heterocycles. The summed E-state index contributed by atoms with van der Waals surface area (Å²) in [5.41, 5.74) is 7.78. The molecule has 1 aromatic heterocycles. The van der Waals surface area contributed by atoms with Crippen LogP contribution in [0.1, 0.15) is 51.3 Å². The van der Waals surface area contributed by atoms with Gasteiger partial charge in [-0.15, -0.1) is 0 Å². The zero-order valence-corrected chi connectivity index (χ0v) is 13.5. The molecule has 0 saturated heterocycles. The molecule has 0 bridgehead atoms. The van der Waals surface area contributed by atoms with E-state index in [1.165, 1.54) is 5.82 Å². The molecule has 2 aromatic rings. The summed E-state index contributed by atoms with van der Waals surface area (Å²) >= 11 is 0. The zero-order valence-electron chi connectivity index (χ0n) is 13.5. The largest absolute Gasteiger partial charge is 0.454 e. The first-order valence-electron chi connectivity index (χ1n) is 8.28. The van der Waals surface area contributed by atoms with E-state index in [-0.39, 0.29) is 0 Å². The van der Waals surface area contributed by atoms with Gasteiger partial charge in [0, 0.05) is 24.6 Å². The fourth-order valence-corrected chi connectivity index (χ4v) is 3.15. The minimum Gasteiger partial charge on any atom is -0.454 e. The number of ether oxygens (including phenoxy) is 2. The molecule has 2 heterocycles. The van der Waals surface area contributed by atoms with Crippen LogP contribution in [0.3, 0.4) is 0 Å². The number of hydrogen-bond donors (Lipinski definition) is 1. The van der Waals surface area contributed by atoms with Gasteiger partial charge in [0.2, 0.25) is 6.79 Å². The van der Waals surface area contributed by atoms with E-state index in [1.54, 1.807) is 0 Å². The SMILES string of the molecule is CCC(CC)c1nc2cc3c(cc2n1CCCCN)OCO3. The van der Waals surface area contributed by atoms with Crippen molar-refractivity contribution < 1.29 is 9.47 Å². The van der Waals surface area contributed by atoms with Gasteiger partial charge >= 0.3 is 0 Å². The van der Waals surface area contributed by atoms with Crippen molar-refractivity contribution in [3.05, 3.63) is 18.0 Å². The van der Waals surface area contributed by atoms with E-state index in [1.807, 2.05) is 6.07 Å². The van der Waals surface area contributed by atoms with Gasteiger partial charge in [0.15, 0.2) is 11.5 Å². The molecule has 120 valence electrons. The number of unbranched alkanes of at least 4 members (excludes halogenated alkanes) is 1. The maximum atomic E-state index is 5.64. The fourth-order valence-electron chi connectivity index (χ4n) is 3.15. The molecule has 5 heteroatoms. The van der Waals surface area contributed by atoms with Crippen LogP contribution in [-0.4, -0.2) is 22.9 Å². The predicted octanol–water partition coefficient (Wildman–Crippen LogP) is 3.41. The predicted molar refractivity (Wildman–Crippen MR) is 87.5 cm³/mol. The van der Waals surface area contributed by atoms with E-state index < -0.39 is 0 Å². The van der Waals surface area contributed by atoms with E-state index in [2.05, 4.69) is 24.5 Å². The highest BCUT2D eigenvalue weighted by molar-refractivity contribution is 5.81. The number of nitrogens with two attached hydrogens (primary N) is 1. The average molecular weight is 303 g/mol. The molecule has 0 saturated carbocycles. The Balaban J connectivity index is 2.06. The number of rotatable bonds is 7. The van der Waals surface area contributed by atoms with Crippen LogP contribution < -0.4 is 15.2 Å². The monoisotopic (exact) mass is 303 g/mol. The van der Waals surface area contributed by atoms with Crippen LogP contribution in [-0.2, 0) is 6.54 Å². The molecule has 5 nitrogen and oxygen atoms in total. The van der Waals surface area contributed by atoms with E-state index in [9.17, 15) is 0 Å². The molecule has 0 spiro atoms. The Morgan fingerprint density at radius 1 is 1.18 bits per heavy atom. The maximum Gasteiger partial charge on any atom is 0.231 e. The maximum absolute atomic E-state index is 5.64. The third-order valence-electron chi connectivity index (χ3n) is 4.46. The average Bonchev–Trinajstić information content (AvgIpc) is 3.11. The van der Waals surface area contributed by atoms with E-state index in [0.29, 0.717) is 12.7 Å². The quantitative estimate of drug-likeness (QED) is 0.796. The van der Waals surface area contributed by atoms with Gasteiger partial charge < -0.3 is 19.8 Å². The lowest BCUT2D eigenvalue weighted by Gasteiger charge is -2.15. The summed E-state index contributed by atoms with van der Waals surface area (Å²) in [5, 5.41) is 0. The van der Waals surface area contributed by atoms with Crippen molar-refractivity contribution >= 4 is 11.0 Å². The molecular formula is C17H25N3O2. The summed E-state index contributed by atoms with van der Waals surface area (Å²) in [7, 11) is 0. The Labute approximate surface area is 131 Å². The highest BCUT2D eigenvalue weighted by atomic mass is 16.7. The van der Waals surface area contributed by atoms with Gasteiger partial charge in [-0.05, 0) is 32.2 Å². The molecular weight excluding hydrogens is 278 g/mol. The Hall–Kier alpha value is -1.75. The molecule has 3 rings (SSSR count). The van der Waals surface area contributed by atoms with Crippen LogP contribution >= 0.6 is 0 Å². The third kappa shape index (κ3) is 2.65. The lowest BCUT2D eigenvalue weighted by atomic mass is 10.0. The van der Waals surface area contributed by atoms with Gasteiger partial charge in [0.05, 0.1) is 11.0 Å². The van der Waals surface area contributed by atoms with Gasteiger partial charge in [0.1, 0.15) is 5.82 Å². The third-order valence-corrected chi connectivity index (χ3v) is 4.46. The first-order chi connectivity index (χ1) is 10.8. The molecule has 0 unspecified atom stereocenters. The molecule has 0 aliphatic carbocycles. The first kappa shape index (κ1) is 15.2. The Bertz CT molecular complexity index is 647. The number of imidazole rings is 1. The van der Waals surface area contributed by atoms with Gasteiger partial charge in [-0.2, -0.15) is 0 Å². The van der Waals surface area contributed by atoms with Gasteiger partial charge in [-0.1, -0.05) is 13.8 Å². The van der Waals surface area contributed by atoms with Crippen LogP contribution in [0.2, 0.25) is 0 Å². The highest BCUT2D eigenvalue weighted by Gasteiger charge is 2.21. The van der Waals surface area contributed by atoms with Gasteiger partial charge in [0.25, 0.3) is 0 Å². The topological polar surface area (TPSA) is 62.3 Å². The van der Waals surface area contributed by atoms with Crippen LogP contribution in [0.4, 0.5) is 0 Å². The number of benzene rings is 1. The smallest absolute Gasteiger partial charge is 0.231 e. The number of fused-ring (bicyclic) bond motifs is 2. The second kappa shape index (κ2) is 6.57. The summed E-state index contributed by atoms with van der Waals surface area (Å²) in [6.07, 6.45) is 4.31. The minimum atomic E-state index is 0.300. The van der Waals surface area contributed by atoms with E-state index in [4.69, 9.17) is 20.2 Å². The number of aromatic nitrogens is 2. The Kier molecular flexibility index (Phi) is 4.52. The van der Waals surface area contributed by atoms with Gasteiger partial charge in [-0.25, -0.2) is 4.98 Å². The molecule has 1 aromatic carbocycles. The normalized spacial score (nSPS) is 13.5. The number of nitrogens with zero attached hydrogens (tertiary/aromatic N) is 2. The number of hydrogen-bond acceptors (Lipinski definition) is 4. The second-order valence-electron chi connectivity index (χ2n) is 5.83. The van der Waals surface area contributed by atoms with Crippen molar-refractivity contribution in [2.24, 2.45) is 5.73 Å². The summed E-state index contributed by atoms with van der Waals surface area (Å²) in [4.78, 5) is 4.91. The highest BCUT2D eigenvalue weighted by Crippen LogP contribution is 2.37.